The van der Waals surface area contributed by atoms with Gasteiger partial charge in [0.05, 0.1) is 26.7 Å². The molecule has 3 rings (SSSR count). The molecule has 3 aromatic rings. The second-order valence-electron chi connectivity index (χ2n) is 7.64. The van der Waals surface area contributed by atoms with Gasteiger partial charge >= 0.3 is 5.97 Å². The molecule has 0 radical (unpaired) electrons. The zero-order valence-electron chi connectivity index (χ0n) is 18.7. The van der Waals surface area contributed by atoms with Crippen LogP contribution in [0.1, 0.15) is 36.8 Å². The normalized spacial score (nSPS) is 12.4. The van der Waals surface area contributed by atoms with E-state index in [0.717, 1.165) is 10.6 Å². The van der Waals surface area contributed by atoms with Crippen LogP contribution in [-0.4, -0.2) is 37.4 Å². The van der Waals surface area contributed by atoms with Gasteiger partial charge in [0, 0.05) is 11.7 Å². The van der Waals surface area contributed by atoms with Crippen molar-refractivity contribution in [3.8, 4) is 10.6 Å². The van der Waals surface area contributed by atoms with Crippen molar-refractivity contribution in [1.82, 2.24) is 9.71 Å². The largest absolute Gasteiger partial charge is 0.449 e. The summed E-state index contributed by atoms with van der Waals surface area (Å²) in [6, 6.07) is 12.7. The van der Waals surface area contributed by atoms with Crippen molar-refractivity contribution in [3.63, 3.8) is 0 Å². The minimum atomic E-state index is -3.63. The van der Waals surface area contributed by atoms with E-state index in [4.69, 9.17) is 4.74 Å². The summed E-state index contributed by atoms with van der Waals surface area (Å²) in [5, 5.41) is 4.56. The summed E-state index contributed by atoms with van der Waals surface area (Å²) in [5.41, 5.74) is 1.93. The van der Waals surface area contributed by atoms with Gasteiger partial charge in [-0.3, -0.25) is 9.78 Å². The summed E-state index contributed by atoms with van der Waals surface area (Å²) in [7, 11) is -3.63. The molecule has 0 aliphatic carbocycles. The monoisotopic (exact) mass is 487 g/mol. The average molecular weight is 488 g/mol. The van der Waals surface area contributed by atoms with Gasteiger partial charge in [-0.25, -0.2) is 17.9 Å². The highest BCUT2D eigenvalue weighted by Gasteiger charge is 2.22. The standard InChI is InChI=1S/C23H25N3O5S2/c1-14(2)26-33(29,30)18-9-7-17(8-10-18)25-22(27)16(4)31-23(28)19-11-12-20(24-15(19)3)21-6-5-13-32-21/h5-14,16,26H,1-4H3,(H,25,27). The number of pyridine rings is 1. The van der Waals surface area contributed by atoms with Crippen molar-refractivity contribution in [2.24, 2.45) is 0 Å². The Labute approximate surface area is 197 Å². The zero-order valence-corrected chi connectivity index (χ0v) is 20.3. The predicted molar refractivity (Wildman–Crippen MR) is 128 cm³/mol. The maximum Gasteiger partial charge on any atom is 0.340 e. The lowest BCUT2D eigenvalue weighted by Gasteiger charge is -2.15. The Bertz CT molecular complexity index is 1240. The van der Waals surface area contributed by atoms with Crippen LogP contribution in [0.4, 0.5) is 5.69 Å². The van der Waals surface area contributed by atoms with E-state index in [1.165, 1.54) is 31.2 Å². The molecule has 1 atom stereocenters. The second kappa shape index (κ2) is 10.2. The highest BCUT2D eigenvalue weighted by atomic mass is 32.2. The number of nitrogens with zero attached hydrogens (tertiary/aromatic N) is 1. The first kappa shape index (κ1) is 24.6. The third kappa shape index (κ3) is 6.25. The van der Waals surface area contributed by atoms with Crippen molar-refractivity contribution < 1.29 is 22.7 Å². The van der Waals surface area contributed by atoms with Crippen LogP contribution < -0.4 is 10.0 Å². The van der Waals surface area contributed by atoms with Crippen LogP contribution in [0.3, 0.4) is 0 Å². The van der Waals surface area contributed by atoms with E-state index in [1.807, 2.05) is 17.5 Å². The summed E-state index contributed by atoms with van der Waals surface area (Å²) in [6.45, 7) is 6.62. The molecule has 174 valence electrons. The molecule has 0 spiro atoms. The third-order valence-corrected chi connectivity index (χ3v) is 7.12. The lowest BCUT2D eigenvalue weighted by molar-refractivity contribution is -0.123. The summed E-state index contributed by atoms with van der Waals surface area (Å²) in [6.07, 6.45) is -1.07. The minimum absolute atomic E-state index is 0.0858. The van der Waals surface area contributed by atoms with Crippen molar-refractivity contribution in [3.05, 3.63) is 65.2 Å². The summed E-state index contributed by atoms with van der Waals surface area (Å²) in [4.78, 5) is 30.6. The first-order valence-electron chi connectivity index (χ1n) is 10.2. The number of carbonyl (C=O) groups is 2. The van der Waals surface area contributed by atoms with Crippen molar-refractivity contribution >= 4 is 38.9 Å². The Morgan fingerprint density at radius 1 is 1.03 bits per heavy atom. The Morgan fingerprint density at radius 2 is 1.73 bits per heavy atom. The number of benzene rings is 1. The van der Waals surface area contributed by atoms with E-state index in [0.29, 0.717) is 11.4 Å². The number of aromatic nitrogens is 1. The lowest BCUT2D eigenvalue weighted by Crippen LogP contribution is -2.31. The van der Waals surface area contributed by atoms with Crippen LogP contribution >= 0.6 is 11.3 Å². The number of carbonyl (C=O) groups excluding carboxylic acids is 2. The second-order valence-corrected chi connectivity index (χ2v) is 10.3. The number of amides is 1. The van der Waals surface area contributed by atoms with Gasteiger partial charge in [-0.2, -0.15) is 0 Å². The van der Waals surface area contributed by atoms with Crippen molar-refractivity contribution in [2.45, 2.75) is 44.7 Å². The molecule has 33 heavy (non-hydrogen) atoms. The fraction of sp³-hybridized carbons (Fsp3) is 0.261. The highest BCUT2D eigenvalue weighted by Crippen LogP contribution is 2.24. The van der Waals surface area contributed by atoms with Gasteiger partial charge in [-0.15, -0.1) is 11.3 Å². The third-order valence-electron chi connectivity index (χ3n) is 4.56. The maximum absolute atomic E-state index is 12.6. The number of sulfonamides is 1. The Hall–Kier alpha value is -3.08. The van der Waals surface area contributed by atoms with Gasteiger partial charge in [0.25, 0.3) is 5.91 Å². The average Bonchev–Trinajstić information content (AvgIpc) is 3.28. The SMILES string of the molecule is Cc1nc(-c2cccs2)ccc1C(=O)OC(C)C(=O)Nc1ccc(S(=O)(=O)NC(C)C)cc1. The van der Waals surface area contributed by atoms with E-state index in [-0.39, 0.29) is 16.5 Å². The highest BCUT2D eigenvalue weighted by molar-refractivity contribution is 7.89. The van der Waals surface area contributed by atoms with Gasteiger partial charge in [0.2, 0.25) is 10.0 Å². The van der Waals surface area contributed by atoms with E-state index < -0.39 is 28.0 Å². The fourth-order valence-corrected chi connectivity index (χ4v) is 4.90. The Morgan fingerprint density at radius 3 is 2.30 bits per heavy atom. The van der Waals surface area contributed by atoms with Crippen LogP contribution in [-0.2, 0) is 19.6 Å². The number of rotatable bonds is 8. The topological polar surface area (TPSA) is 114 Å². The van der Waals surface area contributed by atoms with Crippen LogP contribution in [0, 0.1) is 6.92 Å². The van der Waals surface area contributed by atoms with Crippen molar-refractivity contribution in [1.29, 1.82) is 0 Å². The van der Waals surface area contributed by atoms with E-state index in [9.17, 15) is 18.0 Å². The number of ether oxygens (including phenoxy) is 1. The zero-order chi connectivity index (χ0) is 24.2. The smallest absolute Gasteiger partial charge is 0.340 e. The van der Waals surface area contributed by atoms with Gasteiger partial charge < -0.3 is 10.1 Å². The number of thiophene rings is 1. The molecule has 0 aliphatic heterocycles. The molecular weight excluding hydrogens is 462 g/mol. The molecule has 0 saturated heterocycles. The van der Waals surface area contributed by atoms with Crippen LogP contribution in [0.2, 0.25) is 0 Å². The van der Waals surface area contributed by atoms with Gasteiger partial charge in [0.1, 0.15) is 0 Å². The molecule has 1 unspecified atom stereocenters. The predicted octanol–water partition coefficient (Wildman–Crippen LogP) is 3.99. The molecule has 1 amide bonds. The molecule has 0 aliphatic rings. The number of nitrogens with one attached hydrogen (secondary N) is 2. The summed E-state index contributed by atoms with van der Waals surface area (Å²) >= 11 is 1.55. The molecule has 2 N–H and O–H groups in total. The first-order valence-corrected chi connectivity index (χ1v) is 12.6. The number of hydrogen-bond acceptors (Lipinski definition) is 7. The molecule has 8 nitrogen and oxygen atoms in total. The van der Waals surface area contributed by atoms with E-state index in [2.05, 4.69) is 15.0 Å². The van der Waals surface area contributed by atoms with Crippen molar-refractivity contribution in [2.75, 3.05) is 5.32 Å². The van der Waals surface area contributed by atoms with Crippen LogP contribution in [0.5, 0.6) is 0 Å². The van der Waals surface area contributed by atoms with Gasteiger partial charge in [-0.05, 0) is 75.5 Å². The maximum atomic E-state index is 12.6. The first-order chi connectivity index (χ1) is 15.6. The summed E-state index contributed by atoms with van der Waals surface area (Å²) in [5.74, 6) is -1.19. The van der Waals surface area contributed by atoms with Gasteiger partial charge in [0.15, 0.2) is 6.10 Å². The number of anilines is 1. The minimum Gasteiger partial charge on any atom is -0.449 e. The molecule has 1 aromatic carbocycles. The molecule has 0 bridgehead atoms. The quantitative estimate of drug-likeness (QED) is 0.465. The Kier molecular flexibility index (Phi) is 7.62. The van der Waals surface area contributed by atoms with Crippen LogP contribution in [0.15, 0.2) is 58.8 Å². The molecule has 0 fully saturated rings. The molecular formula is C23H25N3O5S2. The molecule has 2 aromatic heterocycles. The van der Waals surface area contributed by atoms with E-state index in [1.54, 1.807) is 44.2 Å². The number of hydrogen-bond donors (Lipinski definition) is 2. The van der Waals surface area contributed by atoms with Crippen LogP contribution in [0.25, 0.3) is 10.6 Å². The molecule has 0 saturated carbocycles. The Balaban J connectivity index is 1.62. The number of esters is 1. The van der Waals surface area contributed by atoms with E-state index >= 15 is 0 Å². The lowest BCUT2D eigenvalue weighted by atomic mass is 10.1. The number of aryl methyl sites for hydroxylation is 1. The fourth-order valence-electron chi connectivity index (χ4n) is 2.96. The molecule has 2 heterocycles. The van der Waals surface area contributed by atoms with Gasteiger partial charge in [-0.1, -0.05) is 6.07 Å². The summed E-state index contributed by atoms with van der Waals surface area (Å²) < 4.78 is 32.2. The molecule has 10 heteroatoms.